The van der Waals surface area contributed by atoms with Gasteiger partial charge in [0.2, 0.25) is 0 Å². The average Bonchev–Trinajstić information content (AvgIpc) is 2.38. The number of nitrogens with two attached hydrogens (primary N) is 2. The lowest BCUT2D eigenvalue weighted by Crippen LogP contribution is -2.42. The lowest BCUT2D eigenvalue weighted by molar-refractivity contribution is 0.511. The summed E-state index contributed by atoms with van der Waals surface area (Å²) >= 11 is 0. The fraction of sp³-hybridized carbons (Fsp3) is 1.00. The van der Waals surface area contributed by atoms with Crippen molar-refractivity contribution in [3.05, 3.63) is 0 Å². The molecule has 0 heterocycles. The molecule has 5 heteroatoms. The molecule has 0 aromatic rings. The van der Waals surface area contributed by atoms with Gasteiger partial charge in [-0.1, -0.05) is 6.92 Å². The zero-order chi connectivity index (χ0) is 13.5. The molecule has 1 atom stereocenters. The number of unbranched alkanes of at least 4 members (excludes halogenated alkanes) is 1. The third-order valence-electron chi connectivity index (χ3n) is 2.75. The van der Waals surface area contributed by atoms with Crippen LogP contribution in [0.1, 0.15) is 32.6 Å². The van der Waals surface area contributed by atoms with E-state index in [0.29, 0.717) is 0 Å². The van der Waals surface area contributed by atoms with E-state index < -0.39 is 0 Å². The summed E-state index contributed by atoms with van der Waals surface area (Å²) in [7, 11) is 0. The van der Waals surface area contributed by atoms with E-state index in [1.165, 1.54) is 19.3 Å². The van der Waals surface area contributed by atoms with Crippen molar-refractivity contribution in [1.29, 1.82) is 0 Å². The maximum Gasteiger partial charge on any atom is 0.0292 e. The number of hydrogen-bond donors (Lipinski definition) is 5. The molecule has 0 rings (SSSR count). The molecule has 0 spiro atoms. The normalized spacial score (nSPS) is 12.8. The predicted molar refractivity (Wildman–Crippen MR) is 79.8 cm³/mol. The summed E-state index contributed by atoms with van der Waals surface area (Å²) in [6, 6.07) is 0.195. The summed E-state index contributed by atoms with van der Waals surface area (Å²) in [4.78, 5) is 0. The first-order chi connectivity index (χ1) is 8.81. The third-order valence-corrected chi connectivity index (χ3v) is 2.75. The monoisotopic (exact) mass is 259 g/mol. The van der Waals surface area contributed by atoms with Crippen LogP contribution >= 0.6 is 0 Å². The predicted octanol–water partition coefficient (Wildman–Crippen LogP) is -0.378. The van der Waals surface area contributed by atoms with Crippen LogP contribution in [0.3, 0.4) is 0 Å². The summed E-state index contributed by atoms with van der Waals surface area (Å²) in [5, 5.41) is 10.1. The highest BCUT2D eigenvalue weighted by molar-refractivity contribution is 4.67. The van der Waals surface area contributed by atoms with Crippen molar-refractivity contribution < 1.29 is 0 Å². The largest absolute Gasteiger partial charge is 0.330 e. The molecule has 5 nitrogen and oxygen atoms in total. The lowest BCUT2D eigenvalue weighted by atomic mass is 10.2. The van der Waals surface area contributed by atoms with E-state index >= 15 is 0 Å². The highest BCUT2D eigenvalue weighted by Gasteiger charge is 2.00. The van der Waals surface area contributed by atoms with Crippen molar-refractivity contribution in [3.63, 3.8) is 0 Å². The Morgan fingerprint density at radius 3 is 1.94 bits per heavy atom. The van der Waals surface area contributed by atoms with Crippen LogP contribution < -0.4 is 27.4 Å². The van der Waals surface area contributed by atoms with Crippen LogP contribution in [-0.2, 0) is 0 Å². The topological polar surface area (TPSA) is 88.1 Å². The molecule has 0 fully saturated rings. The highest BCUT2D eigenvalue weighted by Crippen LogP contribution is 1.85. The second-order valence-electron chi connectivity index (χ2n) is 4.77. The summed E-state index contributed by atoms with van der Waals surface area (Å²) in [5.74, 6) is 0. The van der Waals surface area contributed by atoms with Gasteiger partial charge >= 0.3 is 0 Å². The molecule has 0 aliphatic rings. The van der Waals surface area contributed by atoms with Crippen molar-refractivity contribution in [2.45, 2.75) is 38.6 Å². The Morgan fingerprint density at radius 2 is 1.39 bits per heavy atom. The Balaban J connectivity index is 3.08. The second-order valence-corrected chi connectivity index (χ2v) is 4.77. The van der Waals surface area contributed by atoms with Crippen LogP contribution in [0.15, 0.2) is 0 Å². The van der Waals surface area contributed by atoms with E-state index in [9.17, 15) is 0 Å². The van der Waals surface area contributed by atoms with Gasteiger partial charge < -0.3 is 27.4 Å². The van der Waals surface area contributed by atoms with Crippen molar-refractivity contribution in [2.24, 2.45) is 11.5 Å². The van der Waals surface area contributed by atoms with Crippen molar-refractivity contribution in [3.8, 4) is 0 Å². The number of hydrogen-bond acceptors (Lipinski definition) is 5. The van der Waals surface area contributed by atoms with E-state index in [0.717, 1.165) is 52.2 Å². The average molecular weight is 259 g/mol. The van der Waals surface area contributed by atoms with Crippen LogP contribution in [0.2, 0.25) is 0 Å². The SMILES string of the molecule is CCCNCCCCNCC(N)CNCCCN. The minimum atomic E-state index is 0.195. The fourth-order valence-corrected chi connectivity index (χ4v) is 1.68. The Bertz CT molecular complexity index is 154. The Hall–Kier alpha value is -0.200. The molecule has 0 radical (unpaired) electrons. The summed E-state index contributed by atoms with van der Waals surface area (Å²) in [6.07, 6.45) is 4.68. The maximum atomic E-state index is 5.97. The molecule has 0 aliphatic heterocycles. The van der Waals surface area contributed by atoms with Gasteiger partial charge in [-0.25, -0.2) is 0 Å². The zero-order valence-corrected chi connectivity index (χ0v) is 12.0. The molecule has 0 aromatic carbocycles. The second kappa shape index (κ2) is 14.9. The molecule has 0 saturated heterocycles. The maximum absolute atomic E-state index is 5.97. The van der Waals surface area contributed by atoms with Gasteiger partial charge in [0.05, 0.1) is 0 Å². The molecule has 1 unspecified atom stereocenters. The van der Waals surface area contributed by atoms with E-state index in [-0.39, 0.29) is 6.04 Å². The van der Waals surface area contributed by atoms with Crippen molar-refractivity contribution in [1.82, 2.24) is 16.0 Å². The van der Waals surface area contributed by atoms with E-state index in [2.05, 4.69) is 22.9 Å². The van der Waals surface area contributed by atoms with Crippen LogP contribution in [0.25, 0.3) is 0 Å². The molecule has 0 aliphatic carbocycles. The minimum Gasteiger partial charge on any atom is -0.330 e. The minimum absolute atomic E-state index is 0.195. The van der Waals surface area contributed by atoms with Crippen molar-refractivity contribution >= 4 is 0 Å². The van der Waals surface area contributed by atoms with Gasteiger partial charge in [0.1, 0.15) is 0 Å². The fourth-order valence-electron chi connectivity index (χ4n) is 1.68. The Morgan fingerprint density at radius 1 is 0.833 bits per heavy atom. The first-order valence-corrected chi connectivity index (χ1v) is 7.39. The summed E-state index contributed by atoms with van der Waals surface area (Å²) in [5.41, 5.74) is 11.4. The molecular formula is C13H33N5. The quantitative estimate of drug-likeness (QED) is 0.275. The van der Waals surface area contributed by atoms with Crippen LogP contribution in [0.4, 0.5) is 0 Å². The van der Waals surface area contributed by atoms with Crippen LogP contribution in [0, 0.1) is 0 Å². The molecule has 0 bridgehead atoms. The molecule has 7 N–H and O–H groups in total. The third kappa shape index (κ3) is 13.9. The molecule has 0 saturated carbocycles. The standard InChI is InChI=1S/C13H33N5/c1-2-7-16-8-3-4-9-17-11-13(15)12-18-10-5-6-14/h13,16-18H,2-12,14-15H2,1H3. The number of nitrogens with one attached hydrogen (secondary N) is 3. The van der Waals surface area contributed by atoms with Gasteiger partial charge in [-0.2, -0.15) is 0 Å². The molecule has 18 heavy (non-hydrogen) atoms. The van der Waals surface area contributed by atoms with Crippen LogP contribution in [-0.4, -0.2) is 51.9 Å². The van der Waals surface area contributed by atoms with E-state index in [4.69, 9.17) is 11.5 Å². The highest BCUT2D eigenvalue weighted by atomic mass is 14.9. The Kier molecular flexibility index (Phi) is 14.7. The summed E-state index contributed by atoms with van der Waals surface area (Å²) in [6.45, 7) is 8.97. The Labute approximate surface area is 112 Å². The smallest absolute Gasteiger partial charge is 0.0292 e. The first-order valence-electron chi connectivity index (χ1n) is 7.39. The molecule has 110 valence electrons. The van der Waals surface area contributed by atoms with Gasteiger partial charge in [0.15, 0.2) is 0 Å². The van der Waals surface area contributed by atoms with E-state index in [1.807, 2.05) is 0 Å². The van der Waals surface area contributed by atoms with E-state index in [1.54, 1.807) is 0 Å². The van der Waals surface area contributed by atoms with Gasteiger partial charge in [-0.05, 0) is 58.4 Å². The van der Waals surface area contributed by atoms with Crippen LogP contribution in [0.5, 0.6) is 0 Å². The molecule has 0 amide bonds. The number of rotatable bonds is 14. The van der Waals surface area contributed by atoms with Gasteiger partial charge in [-0.15, -0.1) is 0 Å². The first kappa shape index (κ1) is 17.8. The van der Waals surface area contributed by atoms with Gasteiger partial charge in [0, 0.05) is 19.1 Å². The zero-order valence-electron chi connectivity index (χ0n) is 12.0. The lowest BCUT2D eigenvalue weighted by Gasteiger charge is -2.13. The van der Waals surface area contributed by atoms with Gasteiger partial charge in [-0.3, -0.25) is 0 Å². The summed E-state index contributed by atoms with van der Waals surface area (Å²) < 4.78 is 0. The van der Waals surface area contributed by atoms with Crippen molar-refractivity contribution in [2.75, 3.05) is 45.8 Å². The van der Waals surface area contributed by atoms with Gasteiger partial charge in [0.25, 0.3) is 0 Å². The molecule has 0 aromatic heterocycles. The molecular weight excluding hydrogens is 226 g/mol.